The molecule has 1 aliphatic rings. The second-order valence-corrected chi connectivity index (χ2v) is 5.19. The molecule has 2 aromatic heterocycles. The molecule has 0 unspecified atom stereocenters. The van der Waals surface area contributed by atoms with Crippen LogP contribution in [0.1, 0.15) is 24.5 Å². The maximum absolute atomic E-state index is 5.84. The third kappa shape index (κ3) is 1.79. The van der Waals surface area contributed by atoms with Crippen molar-refractivity contribution in [3.63, 3.8) is 0 Å². The molecule has 0 amide bonds. The van der Waals surface area contributed by atoms with E-state index in [1.54, 1.807) is 6.20 Å². The van der Waals surface area contributed by atoms with E-state index in [1.165, 1.54) is 18.5 Å². The van der Waals surface area contributed by atoms with E-state index in [2.05, 4.69) is 45.6 Å². The third-order valence-electron chi connectivity index (χ3n) is 3.76. The molecule has 5 heteroatoms. The van der Waals surface area contributed by atoms with Crippen LogP contribution in [0.15, 0.2) is 42.7 Å². The van der Waals surface area contributed by atoms with Crippen molar-refractivity contribution in [2.24, 2.45) is 0 Å². The Morgan fingerprint density at radius 2 is 1.95 bits per heavy atom. The highest BCUT2D eigenvalue weighted by molar-refractivity contribution is 5.73. The smallest absolute Gasteiger partial charge is 0.126 e. The van der Waals surface area contributed by atoms with Gasteiger partial charge in [-0.1, -0.05) is 12.1 Å². The summed E-state index contributed by atoms with van der Waals surface area (Å²) in [4.78, 5) is 0. The van der Waals surface area contributed by atoms with Gasteiger partial charge in [-0.15, -0.1) is 0 Å². The minimum absolute atomic E-state index is 0.593. The Bertz CT molecular complexity index is 734. The number of anilines is 1. The molecular weight excluding hydrogens is 250 g/mol. The van der Waals surface area contributed by atoms with Crippen molar-refractivity contribution in [2.75, 3.05) is 5.73 Å². The minimum atomic E-state index is 0.593. The fraction of sp³-hybridized carbons (Fsp3) is 0.200. The zero-order chi connectivity index (χ0) is 13.5. The van der Waals surface area contributed by atoms with Gasteiger partial charge in [-0.05, 0) is 36.6 Å². The summed E-state index contributed by atoms with van der Waals surface area (Å²) in [5, 5.41) is 11.1. The van der Waals surface area contributed by atoms with Gasteiger partial charge in [0.15, 0.2) is 0 Å². The Morgan fingerprint density at radius 1 is 1.15 bits per heavy atom. The van der Waals surface area contributed by atoms with Gasteiger partial charge in [0.25, 0.3) is 0 Å². The first-order chi connectivity index (χ1) is 9.83. The molecule has 0 saturated heterocycles. The number of H-pyrrole nitrogens is 1. The summed E-state index contributed by atoms with van der Waals surface area (Å²) in [5.74, 6) is 1.28. The first kappa shape index (κ1) is 11.3. The minimum Gasteiger partial charge on any atom is -0.384 e. The molecule has 0 bridgehead atoms. The van der Waals surface area contributed by atoms with Gasteiger partial charge in [0.2, 0.25) is 0 Å². The van der Waals surface area contributed by atoms with Crippen LogP contribution in [0.5, 0.6) is 0 Å². The second-order valence-electron chi connectivity index (χ2n) is 5.19. The molecule has 100 valence electrons. The van der Waals surface area contributed by atoms with E-state index in [4.69, 9.17) is 5.73 Å². The molecule has 0 spiro atoms. The van der Waals surface area contributed by atoms with E-state index in [1.807, 2.05) is 10.9 Å². The van der Waals surface area contributed by atoms with E-state index >= 15 is 0 Å². The normalized spacial score (nSPS) is 14.6. The number of hydrogen-bond acceptors (Lipinski definition) is 3. The predicted molar refractivity (Wildman–Crippen MR) is 77.5 cm³/mol. The predicted octanol–water partition coefficient (Wildman–Crippen LogP) is 2.72. The third-order valence-corrected chi connectivity index (χ3v) is 3.76. The topological polar surface area (TPSA) is 72.5 Å². The highest BCUT2D eigenvalue weighted by Gasteiger charge is 2.27. The van der Waals surface area contributed by atoms with Crippen LogP contribution in [-0.2, 0) is 0 Å². The zero-order valence-corrected chi connectivity index (χ0v) is 11.0. The number of nitrogens with two attached hydrogens (primary N) is 1. The molecular formula is C15H15N5. The van der Waals surface area contributed by atoms with E-state index < -0.39 is 0 Å². The standard InChI is InChI=1S/C15H15N5/c16-15-13(9-17-19-15)10-3-5-12(6-4-10)20-14(7-8-18-20)11-1-2-11/h3-9,11H,1-2H2,(H3,16,17,19). The molecule has 0 atom stereocenters. The Hall–Kier alpha value is -2.56. The highest BCUT2D eigenvalue weighted by atomic mass is 15.3. The SMILES string of the molecule is Nc1[nH]ncc1-c1ccc(-n2nccc2C2CC2)cc1. The lowest BCUT2D eigenvalue weighted by Gasteiger charge is -2.07. The monoisotopic (exact) mass is 265 g/mol. The largest absolute Gasteiger partial charge is 0.384 e. The van der Waals surface area contributed by atoms with Gasteiger partial charge in [0, 0.05) is 23.4 Å². The van der Waals surface area contributed by atoms with Gasteiger partial charge < -0.3 is 5.73 Å². The zero-order valence-electron chi connectivity index (χ0n) is 11.0. The molecule has 3 N–H and O–H groups in total. The average molecular weight is 265 g/mol. The maximum atomic E-state index is 5.84. The Morgan fingerprint density at radius 3 is 2.60 bits per heavy atom. The van der Waals surface area contributed by atoms with Crippen LogP contribution < -0.4 is 5.73 Å². The maximum Gasteiger partial charge on any atom is 0.126 e. The quantitative estimate of drug-likeness (QED) is 0.764. The number of nitrogens with one attached hydrogen (secondary N) is 1. The highest BCUT2D eigenvalue weighted by Crippen LogP contribution is 2.40. The summed E-state index contributed by atoms with van der Waals surface area (Å²) in [7, 11) is 0. The van der Waals surface area contributed by atoms with Gasteiger partial charge in [-0.25, -0.2) is 4.68 Å². The van der Waals surface area contributed by atoms with Crippen molar-refractivity contribution in [3.8, 4) is 16.8 Å². The Balaban J connectivity index is 1.70. The van der Waals surface area contributed by atoms with E-state index in [9.17, 15) is 0 Å². The van der Waals surface area contributed by atoms with Crippen LogP contribution in [0.25, 0.3) is 16.8 Å². The molecule has 0 radical (unpaired) electrons. The lowest BCUT2D eigenvalue weighted by atomic mass is 10.1. The molecule has 0 aliphatic heterocycles. The van der Waals surface area contributed by atoms with Crippen LogP contribution >= 0.6 is 0 Å². The molecule has 5 nitrogen and oxygen atoms in total. The van der Waals surface area contributed by atoms with Crippen molar-refractivity contribution < 1.29 is 0 Å². The number of rotatable bonds is 3. The van der Waals surface area contributed by atoms with Crippen LogP contribution in [0, 0.1) is 0 Å². The Labute approximate surface area is 116 Å². The lowest BCUT2D eigenvalue weighted by molar-refractivity contribution is 0.808. The number of nitrogen functional groups attached to an aromatic ring is 1. The van der Waals surface area contributed by atoms with Crippen molar-refractivity contribution in [1.82, 2.24) is 20.0 Å². The van der Waals surface area contributed by atoms with Gasteiger partial charge in [-0.3, -0.25) is 5.10 Å². The first-order valence-corrected chi connectivity index (χ1v) is 6.76. The lowest BCUT2D eigenvalue weighted by Crippen LogP contribution is -2.00. The summed E-state index contributed by atoms with van der Waals surface area (Å²) >= 11 is 0. The summed E-state index contributed by atoms with van der Waals surface area (Å²) in [6.07, 6.45) is 6.16. The molecule has 3 aromatic rings. The number of benzene rings is 1. The molecule has 1 saturated carbocycles. The molecule has 1 aromatic carbocycles. The van der Waals surface area contributed by atoms with Gasteiger partial charge in [0.05, 0.1) is 11.9 Å². The fourth-order valence-corrected chi connectivity index (χ4v) is 2.53. The van der Waals surface area contributed by atoms with E-state index in [0.29, 0.717) is 11.7 Å². The van der Waals surface area contributed by atoms with Crippen LogP contribution in [0.3, 0.4) is 0 Å². The first-order valence-electron chi connectivity index (χ1n) is 6.76. The summed E-state index contributed by atoms with van der Waals surface area (Å²) in [5.41, 5.74) is 10.2. The van der Waals surface area contributed by atoms with Crippen molar-refractivity contribution >= 4 is 5.82 Å². The van der Waals surface area contributed by atoms with E-state index in [-0.39, 0.29) is 0 Å². The number of aromatic nitrogens is 4. The van der Waals surface area contributed by atoms with Crippen LogP contribution in [0.4, 0.5) is 5.82 Å². The number of hydrogen-bond donors (Lipinski definition) is 2. The molecule has 1 aliphatic carbocycles. The fourth-order valence-electron chi connectivity index (χ4n) is 2.53. The summed E-state index contributed by atoms with van der Waals surface area (Å²) < 4.78 is 2.03. The number of nitrogens with zero attached hydrogens (tertiary/aromatic N) is 3. The second kappa shape index (κ2) is 4.23. The van der Waals surface area contributed by atoms with E-state index in [0.717, 1.165) is 16.8 Å². The Kier molecular flexibility index (Phi) is 2.39. The summed E-state index contributed by atoms with van der Waals surface area (Å²) in [6, 6.07) is 10.4. The van der Waals surface area contributed by atoms with Crippen molar-refractivity contribution in [1.29, 1.82) is 0 Å². The molecule has 2 heterocycles. The molecule has 1 fully saturated rings. The van der Waals surface area contributed by atoms with Crippen LogP contribution in [0.2, 0.25) is 0 Å². The van der Waals surface area contributed by atoms with Crippen molar-refractivity contribution in [2.45, 2.75) is 18.8 Å². The van der Waals surface area contributed by atoms with Gasteiger partial charge >= 0.3 is 0 Å². The summed E-state index contributed by atoms with van der Waals surface area (Å²) in [6.45, 7) is 0. The van der Waals surface area contributed by atoms with Gasteiger partial charge in [0.1, 0.15) is 5.82 Å². The van der Waals surface area contributed by atoms with Crippen molar-refractivity contribution in [3.05, 3.63) is 48.4 Å². The molecule has 20 heavy (non-hydrogen) atoms. The van der Waals surface area contributed by atoms with Crippen LogP contribution in [-0.4, -0.2) is 20.0 Å². The van der Waals surface area contributed by atoms with Gasteiger partial charge in [-0.2, -0.15) is 10.2 Å². The molecule has 4 rings (SSSR count). The average Bonchev–Trinajstić information content (AvgIpc) is 3.04. The number of aromatic amines is 1.